The topological polar surface area (TPSA) is 17.1 Å². The summed E-state index contributed by atoms with van der Waals surface area (Å²) in [5, 5.41) is 4.74. The summed E-state index contributed by atoms with van der Waals surface area (Å²) in [4.78, 5) is 12.7. The average Bonchev–Trinajstić information content (AvgIpc) is 2.62. The standard InChI is InChI=1S/C23H18O/c24-20(14-17-8-2-1-3-9-17)16-23-21-12-6-4-10-18(21)15-19-11-5-7-13-22(19)23/h1-13,15H,14,16H2. The lowest BCUT2D eigenvalue weighted by atomic mass is 9.92. The summed E-state index contributed by atoms with van der Waals surface area (Å²) >= 11 is 0. The minimum Gasteiger partial charge on any atom is -0.299 e. The molecule has 4 rings (SSSR count). The Balaban J connectivity index is 1.77. The second-order valence-electron chi connectivity index (χ2n) is 6.18. The molecule has 0 aromatic heterocycles. The third-order valence-electron chi connectivity index (χ3n) is 4.50. The first kappa shape index (κ1) is 14.6. The van der Waals surface area contributed by atoms with E-state index in [9.17, 15) is 4.79 Å². The van der Waals surface area contributed by atoms with E-state index in [4.69, 9.17) is 0 Å². The van der Waals surface area contributed by atoms with Crippen molar-refractivity contribution in [2.75, 3.05) is 0 Å². The Labute approximate surface area is 141 Å². The van der Waals surface area contributed by atoms with E-state index in [1.54, 1.807) is 0 Å². The SMILES string of the molecule is O=C(Cc1ccccc1)Cc1c2ccccc2cc2ccccc12. The first-order valence-corrected chi connectivity index (χ1v) is 8.26. The molecule has 24 heavy (non-hydrogen) atoms. The van der Waals surface area contributed by atoms with E-state index in [1.807, 2.05) is 54.6 Å². The van der Waals surface area contributed by atoms with Crippen molar-refractivity contribution in [2.45, 2.75) is 12.8 Å². The molecule has 0 unspecified atom stereocenters. The Morgan fingerprint density at radius 2 is 1.17 bits per heavy atom. The molecule has 0 heterocycles. The first-order valence-electron chi connectivity index (χ1n) is 8.26. The lowest BCUT2D eigenvalue weighted by molar-refractivity contribution is -0.117. The number of carbonyl (C=O) groups is 1. The highest BCUT2D eigenvalue weighted by molar-refractivity contribution is 6.04. The van der Waals surface area contributed by atoms with Gasteiger partial charge in [0.2, 0.25) is 0 Å². The van der Waals surface area contributed by atoms with Crippen LogP contribution in [0.2, 0.25) is 0 Å². The summed E-state index contributed by atoms with van der Waals surface area (Å²) in [7, 11) is 0. The Morgan fingerprint density at radius 3 is 1.79 bits per heavy atom. The molecule has 0 N–H and O–H groups in total. The van der Waals surface area contributed by atoms with Crippen molar-refractivity contribution in [3.8, 4) is 0 Å². The van der Waals surface area contributed by atoms with Crippen LogP contribution in [0.15, 0.2) is 84.9 Å². The molecule has 1 heteroatoms. The minimum absolute atomic E-state index is 0.253. The first-order chi connectivity index (χ1) is 11.8. The number of carbonyl (C=O) groups excluding carboxylic acids is 1. The van der Waals surface area contributed by atoms with Crippen molar-refractivity contribution in [2.24, 2.45) is 0 Å². The summed E-state index contributed by atoms with van der Waals surface area (Å²) in [6.45, 7) is 0. The molecule has 0 bridgehead atoms. The Kier molecular flexibility index (Phi) is 3.84. The summed E-state index contributed by atoms with van der Waals surface area (Å²) in [5.41, 5.74) is 2.22. The van der Waals surface area contributed by atoms with Gasteiger partial charge in [-0.2, -0.15) is 0 Å². The maximum atomic E-state index is 12.7. The van der Waals surface area contributed by atoms with Gasteiger partial charge in [-0.1, -0.05) is 78.9 Å². The fourth-order valence-corrected chi connectivity index (χ4v) is 3.38. The highest BCUT2D eigenvalue weighted by Gasteiger charge is 2.12. The predicted octanol–water partition coefficient (Wildman–Crippen LogP) is 5.35. The number of hydrogen-bond acceptors (Lipinski definition) is 1. The van der Waals surface area contributed by atoms with Crippen molar-refractivity contribution < 1.29 is 4.79 Å². The van der Waals surface area contributed by atoms with Crippen LogP contribution in [0.1, 0.15) is 11.1 Å². The van der Waals surface area contributed by atoms with Gasteiger partial charge in [-0.25, -0.2) is 0 Å². The molecule has 4 aromatic carbocycles. The van der Waals surface area contributed by atoms with Gasteiger partial charge in [0.25, 0.3) is 0 Å². The van der Waals surface area contributed by atoms with Gasteiger partial charge < -0.3 is 0 Å². The second kappa shape index (κ2) is 6.29. The molecule has 0 atom stereocenters. The van der Waals surface area contributed by atoms with Crippen LogP contribution in [0.4, 0.5) is 0 Å². The number of hydrogen-bond donors (Lipinski definition) is 0. The summed E-state index contributed by atoms with van der Waals surface area (Å²) < 4.78 is 0. The molecule has 0 spiro atoms. The minimum atomic E-state index is 0.253. The van der Waals surface area contributed by atoms with Crippen LogP contribution in [0.5, 0.6) is 0 Å². The molecule has 116 valence electrons. The fraction of sp³-hybridized carbons (Fsp3) is 0.0870. The largest absolute Gasteiger partial charge is 0.299 e. The summed E-state index contributed by atoms with van der Waals surface area (Å²) in [5.74, 6) is 0.253. The van der Waals surface area contributed by atoms with Gasteiger partial charge in [0.1, 0.15) is 5.78 Å². The zero-order chi connectivity index (χ0) is 16.4. The van der Waals surface area contributed by atoms with Crippen LogP contribution in [0.25, 0.3) is 21.5 Å². The Morgan fingerprint density at radius 1 is 0.625 bits per heavy atom. The van der Waals surface area contributed by atoms with Crippen LogP contribution in [0, 0.1) is 0 Å². The van der Waals surface area contributed by atoms with Crippen LogP contribution >= 0.6 is 0 Å². The van der Waals surface area contributed by atoms with Crippen LogP contribution < -0.4 is 0 Å². The Bertz CT molecular complexity index is 962. The van der Waals surface area contributed by atoms with Crippen LogP contribution in [-0.2, 0) is 17.6 Å². The van der Waals surface area contributed by atoms with Crippen LogP contribution in [0.3, 0.4) is 0 Å². The molecule has 0 amide bonds. The van der Waals surface area contributed by atoms with Gasteiger partial charge in [-0.15, -0.1) is 0 Å². The zero-order valence-corrected chi connectivity index (χ0v) is 13.4. The lowest BCUT2D eigenvalue weighted by Crippen LogP contribution is -2.07. The van der Waals surface area contributed by atoms with Crippen molar-refractivity contribution in [1.82, 2.24) is 0 Å². The second-order valence-corrected chi connectivity index (χ2v) is 6.18. The molecule has 0 aliphatic rings. The molecule has 0 aliphatic heterocycles. The van der Waals surface area contributed by atoms with E-state index >= 15 is 0 Å². The van der Waals surface area contributed by atoms with Gasteiger partial charge in [-0.3, -0.25) is 4.79 Å². The van der Waals surface area contributed by atoms with E-state index in [1.165, 1.54) is 21.5 Å². The van der Waals surface area contributed by atoms with Gasteiger partial charge in [0, 0.05) is 12.8 Å². The van der Waals surface area contributed by atoms with Crippen molar-refractivity contribution >= 4 is 27.3 Å². The smallest absolute Gasteiger partial charge is 0.141 e. The van der Waals surface area contributed by atoms with E-state index in [0.717, 1.165) is 11.1 Å². The molecule has 1 nitrogen and oxygen atoms in total. The number of ketones is 1. The number of Topliss-reactive ketones (excluding diaryl/α,β-unsaturated/α-hetero) is 1. The monoisotopic (exact) mass is 310 g/mol. The Hall–Kier alpha value is -2.93. The van der Waals surface area contributed by atoms with Gasteiger partial charge in [0.05, 0.1) is 0 Å². The zero-order valence-electron chi connectivity index (χ0n) is 13.4. The molecule has 0 aliphatic carbocycles. The molecule has 0 saturated carbocycles. The lowest BCUT2D eigenvalue weighted by Gasteiger charge is -2.11. The summed E-state index contributed by atoms with van der Waals surface area (Å²) in [6, 6.07) is 28.8. The highest BCUT2D eigenvalue weighted by Crippen LogP contribution is 2.29. The van der Waals surface area contributed by atoms with Gasteiger partial charge >= 0.3 is 0 Å². The van der Waals surface area contributed by atoms with Crippen molar-refractivity contribution in [3.05, 3.63) is 96.1 Å². The molecule has 0 fully saturated rings. The number of benzene rings is 4. The van der Waals surface area contributed by atoms with E-state index in [0.29, 0.717) is 12.8 Å². The third kappa shape index (κ3) is 2.81. The third-order valence-corrected chi connectivity index (χ3v) is 4.50. The molecular formula is C23H18O. The molecule has 0 radical (unpaired) electrons. The van der Waals surface area contributed by atoms with Gasteiger partial charge in [-0.05, 0) is 38.7 Å². The average molecular weight is 310 g/mol. The number of rotatable bonds is 4. The predicted molar refractivity (Wildman–Crippen MR) is 100 cm³/mol. The van der Waals surface area contributed by atoms with E-state index in [2.05, 4.69) is 30.3 Å². The van der Waals surface area contributed by atoms with Gasteiger partial charge in [0.15, 0.2) is 0 Å². The normalized spacial score (nSPS) is 11.0. The summed E-state index contributed by atoms with van der Waals surface area (Å²) in [6.07, 6.45) is 0.954. The fourth-order valence-electron chi connectivity index (χ4n) is 3.38. The maximum absolute atomic E-state index is 12.7. The van der Waals surface area contributed by atoms with E-state index in [-0.39, 0.29) is 5.78 Å². The van der Waals surface area contributed by atoms with Crippen LogP contribution in [-0.4, -0.2) is 5.78 Å². The highest BCUT2D eigenvalue weighted by atomic mass is 16.1. The maximum Gasteiger partial charge on any atom is 0.141 e. The van der Waals surface area contributed by atoms with Crippen molar-refractivity contribution in [1.29, 1.82) is 0 Å². The molecule has 0 saturated heterocycles. The number of fused-ring (bicyclic) bond motifs is 2. The van der Waals surface area contributed by atoms with E-state index < -0.39 is 0 Å². The molecule has 4 aromatic rings. The quantitative estimate of drug-likeness (QED) is 0.465. The van der Waals surface area contributed by atoms with Crippen molar-refractivity contribution in [3.63, 3.8) is 0 Å². The molecular weight excluding hydrogens is 292 g/mol.